The van der Waals surface area contributed by atoms with Crippen LogP contribution >= 0.6 is 0 Å². The van der Waals surface area contributed by atoms with Crippen molar-refractivity contribution >= 4 is 16.0 Å². The number of carboxylic acid groups (broad SMARTS) is 1. The maximum Gasteiger partial charge on any atom is 0.322 e. The Bertz CT molecular complexity index is 655. The summed E-state index contributed by atoms with van der Waals surface area (Å²) in [6.07, 6.45) is 0.958. The summed E-state index contributed by atoms with van der Waals surface area (Å²) in [5.41, 5.74) is 1.73. The number of rotatable bonds is 5. The number of nitrogens with zero attached hydrogens (tertiary/aromatic N) is 2. The molecule has 0 radical (unpaired) electrons. The summed E-state index contributed by atoms with van der Waals surface area (Å²) in [5, 5.41) is 9.45. The Hall–Kier alpha value is -1.44. The lowest BCUT2D eigenvalue weighted by atomic mass is 9.99. The van der Waals surface area contributed by atoms with Gasteiger partial charge in [-0.1, -0.05) is 29.8 Å². The standard InChI is InChI=1S/C16H24N2O4S/c1-12-4-6-13(7-5-12)11-23(21,22)18-9-8-14(17(2)3)10-15(18)16(19)20/h4-7,14-15H,8-11H2,1-3H3,(H,19,20)/t14-,15+/m1/s1. The van der Waals surface area contributed by atoms with Gasteiger partial charge in [0.15, 0.2) is 0 Å². The highest BCUT2D eigenvalue weighted by Crippen LogP contribution is 2.25. The van der Waals surface area contributed by atoms with Crippen molar-refractivity contribution in [1.82, 2.24) is 9.21 Å². The van der Waals surface area contributed by atoms with Gasteiger partial charge >= 0.3 is 5.97 Å². The van der Waals surface area contributed by atoms with Gasteiger partial charge in [0, 0.05) is 12.6 Å². The van der Waals surface area contributed by atoms with Crippen LogP contribution in [0.25, 0.3) is 0 Å². The molecule has 0 spiro atoms. The van der Waals surface area contributed by atoms with Gasteiger partial charge in [-0.15, -0.1) is 0 Å². The first-order valence-electron chi connectivity index (χ1n) is 7.65. The van der Waals surface area contributed by atoms with Crippen LogP contribution < -0.4 is 0 Å². The molecule has 7 heteroatoms. The molecule has 1 heterocycles. The molecule has 1 saturated heterocycles. The molecular weight excluding hydrogens is 316 g/mol. The van der Waals surface area contributed by atoms with Crippen LogP contribution in [-0.2, 0) is 20.6 Å². The van der Waals surface area contributed by atoms with Gasteiger partial charge in [-0.25, -0.2) is 8.42 Å². The van der Waals surface area contributed by atoms with E-state index in [4.69, 9.17) is 0 Å². The normalized spacial score (nSPS) is 23.1. The van der Waals surface area contributed by atoms with E-state index < -0.39 is 22.0 Å². The molecule has 0 saturated carbocycles. The van der Waals surface area contributed by atoms with Gasteiger partial charge in [0.25, 0.3) is 0 Å². The van der Waals surface area contributed by atoms with Crippen molar-refractivity contribution in [1.29, 1.82) is 0 Å². The van der Waals surface area contributed by atoms with E-state index >= 15 is 0 Å². The number of carboxylic acids is 1. The Balaban J connectivity index is 2.20. The molecule has 1 aromatic rings. The quantitative estimate of drug-likeness (QED) is 0.874. The van der Waals surface area contributed by atoms with Crippen LogP contribution in [0.1, 0.15) is 24.0 Å². The third-order valence-corrected chi connectivity index (χ3v) is 6.22. The number of hydrogen-bond acceptors (Lipinski definition) is 4. The Kier molecular flexibility index (Phi) is 5.44. The van der Waals surface area contributed by atoms with E-state index in [0.717, 1.165) is 9.87 Å². The van der Waals surface area contributed by atoms with Crippen molar-refractivity contribution in [2.24, 2.45) is 0 Å². The van der Waals surface area contributed by atoms with Crippen LogP contribution in [0.5, 0.6) is 0 Å². The minimum atomic E-state index is -3.66. The van der Waals surface area contributed by atoms with Crippen molar-refractivity contribution in [3.63, 3.8) is 0 Å². The molecule has 23 heavy (non-hydrogen) atoms. The Labute approximate surface area is 137 Å². The van der Waals surface area contributed by atoms with Crippen molar-refractivity contribution in [3.8, 4) is 0 Å². The summed E-state index contributed by atoms with van der Waals surface area (Å²) < 4.78 is 26.5. The molecule has 1 fully saturated rings. The summed E-state index contributed by atoms with van der Waals surface area (Å²) in [5.74, 6) is -1.24. The van der Waals surface area contributed by atoms with Crippen molar-refractivity contribution in [3.05, 3.63) is 35.4 Å². The smallest absolute Gasteiger partial charge is 0.322 e. The summed E-state index contributed by atoms with van der Waals surface area (Å²) in [6, 6.07) is 6.36. The molecule has 2 atom stereocenters. The molecule has 0 bridgehead atoms. The molecule has 0 amide bonds. The fourth-order valence-corrected chi connectivity index (χ4v) is 4.66. The number of aryl methyl sites for hydroxylation is 1. The molecule has 1 N–H and O–H groups in total. The number of aliphatic carboxylic acids is 1. The van der Waals surface area contributed by atoms with E-state index in [0.29, 0.717) is 18.4 Å². The lowest BCUT2D eigenvalue weighted by Crippen LogP contribution is -2.54. The van der Waals surface area contributed by atoms with Crippen LogP contribution in [0.3, 0.4) is 0 Å². The second-order valence-electron chi connectivity index (χ2n) is 6.35. The fraction of sp³-hybridized carbons (Fsp3) is 0.562. The van der Waals surface area contributed by atoms with Crippen LogP contribution in [0.2, 0.25) is 0 Å². The van der Waals surface area contributed by atoms with Gasteiger partial charge in [-0.2, -0.15) is 4.31 Å². The van der Waals surface area contributed by atoms with Crippen molar-refractivity contribution < 1.29 is 18.3 Å². The number of piperidine rings is 1. The van der Waals surface area contributed by atoms with Crippen molar-refractivity contribution in [2.45, 2.75) is 37.6 Å². The second-order valence-corrected chi connectivity index (χ2v) is 8.27. The highest BCUT2D eigenvalue weighted by atomic mass is 32.2. The SMILES string of the molecule is Cc1ccc(CS(=O)(=O)N2CC[C@@H](N(C)C)C[C@H]2C(=O)O)cc1. The maximum atomic E-state index is 12.7. The Morgan fingerprint density at radius 1 is 1.30 bits per heavy atom. The molecule has 0 unspecified atom stereocenters. The molecule has 1 aliphatic heterocycles. The van der Waals surface area contributed by atoms with Crippen LogP contribution in [-0.4, -0.2) is 61.4 Å². The highest BCUT2D eigenvalue weighted by molar-refractivity contribution is 7.88. The topological polar surface area (TPSA) is 77.9 Å². The lowest BCUT2D eigenvalue weighted by molar-refractivity contribution is -0.143. The van der Waals surface area contributed by atoms with Gasteiger partial charge in [0.1, 0.15) is 6.04 Å². The highest BCUT2D eigenvalue weighted by Gasteiger charge is 2.40. The van der Waals surface area contributed by atoms with Crippen LogP contribution in [0.4, 0.5) is 0 Å². The minimum absolute atomic E-state index is 0.0851. The maximum absolute atomic E-state index is 12.7. The Morgan fingerprint density at radius 3 is 2.43 bits per heavy atom. The molecule has 2 rings (SSSR count). The first-order valence-corrected chi connectivity index (χ1v) is 9.26. The predicted molar refractivity (Wildman–Crippen MR) is 88.6 cm³/mol. The summed E-state index contributed by atoms with van der Waals surface area (Å²) in [6.45, 7) is 2.18. The van der Waals surface area contributed by atoms with Crippen molar-refractivity contribution in [2.75, 3.05) is 20.6 Å². The summed E-state index contributed by atoms with van der Waals surface area (Å²) >= 11 is 0. The summed E-state index contributed by atoms with van der Waals surface area (Å²) in [4.78, 5) is 13.5. The average molecular weight is 340 g/mol. The lowest BCUT2D eigenvalue weighted by Gasteiger charge is -2.38. The fourth-order valence-electron chi connectivity index (χ4n) is 2.93. The van der Waals surface area contributed by atoms with E-state index in [1.165, 1.54) is 0 Å². The first-order chi connectivity index (χ1) is 10.7. The van der Waals surface area contributed by atoms with Gasteiger partial charge in [-0.3, -0.25) is 4.79 Å². The molecule has 128 valence electrons. The zero-order valence-corrected chi connectivity index (χ0v) is 14.6. The molecule has 1 aliphatic rings. The van der Waals surface area contributed by atoms with E-state index in [2.05, 4.69) is 0 Å². The van der Waals surface area contributed by atoms with E-state index in [-0.39, 0.29) is 18.3 Å². The van der Waals surface area contributed by atoms with Gasteiger partial charge < -0.3 is 10.0 Å². The zero-order chi connectivity index (χ0) is 17.2. The second kappa shape index (κ2) is 6.98. The largest absolute Gasteiger partial charge is 0.480 e. The molecule has 0 aliphatic carbocycles. The van der Waals surface area contributed by atoms with Crippen LogP contribution in [0.15, 0.2) is 24.3 Å². The van der Waals surface area contributed by atoms with E-state index in [1.54, 1.807) is 12.1 Å². The molecule has 1 aromatic carbocycles. The van der Waals surface area contributed by atoms with Gasteiger partial charge in [0.2, 0.25) is 10.0 Å². The number of benzene rings is 1. The molecule has 0 aromatic heterocycles. The summed E-state index contributed by atoms with van der Waals surface area (Å²) in [7, 11) is 0.119. The third kappa shape index (κ3) is 4.31. The zero-order valence-electron chi connectivity index (χ0n) is 13.8. The molecular formula is C16H24N2O4S. The van der Waals surface area contributed by atoms with Crippen LogP contribution in [0, 0.1) is 6.92 Å². The molecule has 6 nitrogen and oxygen atoms in total. The number of carbonyl (C=O) groups is 1. The number of hydrogen-bond donors (Lipinski definition) is 1. The third-order valence-electron chi connectivity index (χ3n) is 4.37. The average Bonchev–Trinajstić information content (AvgIpc) is 2.48. The number of sulfonamides is 1. The minimum Gasteiger partial charge on any atom is -0.480 e. The predicted octanol–water partition coefficient (Wildman–Crippen LogP) is 1.30. The Morgan fingerprint density at radius 2 is 1.91 bits per heavy atom. The van der Waals surface area contributed by atoms with E-state index in [1.807, 2.05) is 38.1 Å². The van der Waals surface area contributed by atoms with Gasteiger partial charge in [0.05, 0.1) is 5.75 Å². The van der Waals surface area contributed by atoms with E-state index in [9.17, 15) is 18.3 Å². The van der Waals surface area contributed by atoms with Gasteiger partial charge in [-0.05, 0) is 39.4 Å². The monoisotopic (exact) mass is 340 g/mol. The first kappa shape index (κ1) is 17.9.